The van der Waals surface area contributed by atoms with Crippen molar-refractivity contribution >= 4 is 12.4 Å². The number of aldehydes is 1. The molecule has 0 N–H and O–H groups in total. The number of methoxy groups -OCH3 is 2. The van der Waals surface area contributed by atoms with E-state index in [0.29, 0.717) is 11.8 Å². The fourth-order valence-corrected chi connectivity index (χ4v) is 1.42. The van der Waals surface area contributed by atoms with Gasteiger partial charge in [0.15, 0.2) is 11.5 Å². The molecule has 0 atom stereocenters. The summed E-state index contributed by atoms with van der Waals surface area (Å²) in [5.41, 5.74) is -0.337. The largest absolute Gasteiger partial charge is 0.514 e. The lowest BCUT2D eigenvalue weighted by atomic mass is 10.2. The van der Waals surface area contributed by atoms with Crippen LogP contribution in [0.3, 0.4) is 0 Å². The molecule has 0 saturated carbocycles. The van der Waals surface area contributed by atoms with Crippen LogP contribution in [0.1, 0.15) is 31.1 Å². The fourth-order valence-electron chi connectivity index (χ4n) is 1.42. The minimum atomic E-state index is -0.882. The molecule has 0 unspecified atom stereocenters. The maximum Gasteiger partial charge on any atom is 0.514 e. The number of carbonyl (C=O) groups is 2. The molecule has 0 spiro atoms. The third-order valence-corrected chi connectivity index (χ3v) is 2.19. The molecule has 0 amide bonds. The van der Waals surface area contributed by atoms with Gasteiger partial charge in [-0.05, 0) is 32.9 Å². The summed E-state index contributed by atoms with van der Waals surface area (Å²) in [6.07, 6.45) is -0.240. The van der Waals surface area contributed by atoms with Gasteiger partial charge in [-0.2, -0.15) is 0 Å². The molecule has 0 saturated heterocycles. The quantitative estimate of drug-likeness (QED) is 0.480. The van der Waals surface area contributed by atoms with Gasteiger partial charge in [-0.1, -0.05) is 0 Å². The zero-order valence-corrected chi connectivity index (χ0v) is 12.2. The Kier molecular flexibility index (Phi) is 4.96. The van der Waals surface area contributed by atoms with Gasteiger partial charge in [0.25, 0.3) is 0 Å². The summed E-state index contributed by atoms with van der Waals surface area (Å²) in [4.78, 5) is 22.5. The highest BCUT2D eigenvalue weighted by Crippen LogP contribution is 2.38. The van der Waals surface area contributed by atoms with Gasteiger partial charge in [0.2, 0.25) is 5.75 Å². The SMILES string of the molecule is COc1cc(C=O)cc(OC)c1OC(=O)OC(C)(C)C. The van der Waals surface area contributed by atoms with E-state index in [9.17, 15) is 9.59 Å². The second-order valence-corrected chi connectivity index (χ2v) is 4.94. The van der Waals surface area contributed by atoms with Crippen LogP contribution in [-0.4, -0.2) is 32.3 Å². The third kappa shape index (κ3) is 4.15. The average Bonchev–Trinajstić information content (AvgIpc) is 2.36. The maximum atomic E-state index is 11.7. The van der Waals surface area contributed by atoms with Crippen LogP contribution in [0.4, 0.5) is 4.79 Å². The summed E-state index contributed by atoms with van der Waals surface area (Å²) in [5, 5.41) is 0. The van der Waals surface area contributed by atoms with E-state index in [1.807, 2.05) is 0 Å². The molecular formula is C14H18O6. The highest BCUT2D eigenvalue weighted by Gasteiger charge is 2.22. The molecule has 6 nitrogen and oxygen atoms in total. The average molecular weight is 282 g/mol. The van der Waals surface area contributed by atoms with Gasteiger partial charge in [-0.25, -0.2) is 4.79 Å². The van der Waals surface area contributed by atoms with Crippen LogP contribution in [0, 0.1) is 0 Å². The van der Waals surface area contributed by atoms with E-state index < -0.39 is 11.8 Å². The second-order valence-electron chi connectivity index (χ2n) is 4.94. The van der Waals surface area contributed by atoms with Crippen molar-refractivity contribution < 1.29 is 28.5 Å². The molecule has 1 aromatic rings. The molecule has 0 aliphatic rings. The first-order chi connectivity index (χ1) is 9.30. The Morgan fingerprint density at radius 3 is 1.95 bits per heavy atom. The van der Waals surface area contributed by atoms with Crippen LogP contribution in [0.25, 0.3) is 0 Å². The zero-order chi connectivity index (χ0) is 15.3. The molecule has 110 valence electrons. The lowest BCUT2D eigenvalue weighted by Crippen LogP contribution is -2.26. The standard InChI is InChI=1S/C14H18O6/c1-14(2,3)20-13(16)19-12-10(17-4)6-9(8-15)7-11(12)18-5/h6-8H,1-5H3. The Morgan fingerprint density at radius 2 is 1.60 bits per heavy atom. The van der Waals surface area contributed by atoms with Crippen LogP contribution in [0.2, 0.25) is 0 Å². The van der Waals surface area contributed by atoms with Gasteiger partial charge in [-0.3, -0.25) is 4.79 Å². The predicted octanol–water partition coefficient (Wildman–Crippen LogP) is 2.83. The molecule has 0 aliphatic carbocycles. The lowest BCUT2D eigenvalue weighted by molar-refractivity contribution is 0.0195. The first-order valence-electron chi connectivity index (χ1n) is 5.92. The van der Waals surface area contributed by atoms with Crippen molar-refractivity contribution in [2.24, 2.45) is 0 Å². The fraction of sp³-hybridized carbons (Fsp3) is 0.429. The van der Waals surface area contributed by atoms with E-state index in [1.54, 1.807) is 20.8 Å². The zero-order valence-electron chi connectivity index (χ0n) is 12.2. The van der Waals surface area contributed by atoms with Crippen molar-refractivity contribution in [2.75, 3.05) is 14.2 Å². The number of hydrogen-bond acceptors (Lipinski definition) is 6. The molecule has 6 heteroatoms. The minimum Gasteiger partial charge on any atom is -0.493 e. The maximum absolute atomic E-state index is 11.7. The Labute approximate surface area is 117 Å². The van der Waals surface area contributed by atoms with Crippen molar-refractivity contribution in [2.45, 2.75) is 26.4 Å². The number of rotatable bonds is 4. The minimum absolute atomic E-state index is 0.0647. The summed E-state index contributed by atoms with van der Waals surface area (Å²) in [6, 6.07) is 2.88. The van der Waals surface area contributed by atoms with E-state index in [0.717, 1.165) is 0 Å². The summed E-state index contributed by atoms with van der Waals surface area (Å²) >= 11 is 0. The van der Waals surface area contributed by atoms with Gasteiger partial charge >= 0.3 is 6.16 Å². The number of benzene rings is 1. The molecule has 0 aliphatic heterocycles. The molecule has 0 heterocycles. The van der Waals surface area contributed by atoms with Crippen LogP contribution in [0.5, 0.6) is 17.2 Å². The second kappa shape index (κ2) is 6.27. The molecule has 1 rings (SSSR count). The predicted molar refractivity (Wildman–Crippen MR) is 71.8 cm³/mol. The van der Waals surface area contributed by atoms with Gasteiger partial charge in [-0.15, -0.1) is 0 Å². The van der Waals surface area contributed by atoms with Gasteiger partial charge < -0.3 is 18.9 Å². The highest BCUT2D eigenvalue weighted by molar-refractivity contribution is 5.79. The van der Waals surface area contributed by atoms with Crippen molar-refractivity contribution in [3.63, 3.8) is 0 Å². The monoisotopic (exact) mass is 282 g/mol. The molecule has 0 radical (unpaired) electrons. The lowest BCUT2D eigenvalue weighted by Gasteiger charge is -2.20. The Morgan fingerprint density at radius 1 is 1.10 bits per heavy atom. The van der Waals surface area contributed by atoms with Crippen LogP contribution in [-0.2, 0) is 4.74 Å². The number of hydrogen-bond donors (Lipinski definition) is 0. The van der Waals surface area contributed by atoms with Crippen molar-refractivity contribution in [1.82, 2.24) is 0 Å². The van der Waals surface area contributed by atoms with Gasteiger partial charge in [0.1, 0.15) is 11.9 Å². The summed E-state index contributed by atoms with van der Waals surface area (Å²) < 4.78 is 20.3. The van der Waals surface area contributed by atoms with E-state index in [-0.39, 0.29) is 17.2 Å². The van der Waals surface area contributed by atoms with Crippen LogP contribution >= 0.6 is 0 Å². The molecule has 0 fully saturated rings. The smallest absolute Gasteiger partial charge is 0.493 e. The Balaban J connectivity index is 3.10. The summed E-state index contributed by atoms with van der Waals surface area (Å²) in [5.74, 6) is 0.476. The van der Waals surface area contributed by atoms with E-state index >= 15 is 0 Å². The topological polar surface area (TPSA) is 71.1 Å². The van der Waals surface area contributed by atoms with Crippen molar-refractivity contribution in [3.05, 3.63) is 17.7 Å². The van der Waals surface area contributed by atoms with Gasteiger partial charge in [0.05, 0.1) is 14.2 Å². The van der Waals surface area contributed by atoms with Crippen LogP contribution in [0.15, 0.2) is 12.1 Å². The van der Waals surface area contributed by atoms with E-state index in [4.69, 9.17) is 18.9 Å². The van der Waals surface area contributed by atoms with Crippen LogP contribution < -0.4 is 14.2 Å². The number of carbonyl (C=O) groups excluding carboxylic acids is 2. The number of ether oxygens (including phenoxy) is 4. The summed E-state index contributed by atoms with van der Waals surface area (Å²) in [7, 11) is 2.79. The normalized spacial score (nSPS) is 10.7. The first-order valence-corrected chi connectivity index (χ1v) is 5.92. The van der Waals surface area contributed by atoms with Crippen molar-refractivity contribution in [3.8, 4) is 17.2 Å². The molecule has 20 heavy (non-hydrogen) atoms. The Bertz CT molecular complexity index is 476. The first kappa shape index (κ1) is 15.8. The van der Waals surface area contributed by atoms with Crippen molar-refractivity contribution in [1.29, 1.82) is 0 Å². The Hall–Kier alpha value is -2.24. The molecule has 1 aromatic carbocycles. The third-order valence-electron chi connectivity index (χ3n) is 2.19. The summed E-state index contributed by atoms with van der Waals surface area (Å²) in [6.45, 7) is 5.16. The highest BCUT2D eigenvalue weighted by atomic mass is 16.7. The van der Waals surface area contributed by atoms with E-state index in [2.05, 4.69) is 0 Å². The molecular weight excluding hydrogens is 264 g/mol. The van der Waals surface area contributed by atoms with Gasteiger partial charge in [0, 0.05) is 5.56 Å². The van der Waals surface area contributed by atoms with E-state index in [1.165, 1.54) is 26.4 Å². The molecule has 0 aromatic heterocycles. The molecule has 0 bridgehead atoms.